The zero-order valence-corrected chi connectivity index (χ0v) is 8.03. The Labute approximate surface area is 86.2 Å². The average molecular weight is 210 g/mol. The van der Waals surface area contributed by atoms with Crippen molar-refractivity contribution in [2.24, 2.45) is 0 Å². The van der Waals surface area contributed by atoms with Crippen molar-refractivity contribution in [1.29, 1.82) is 0 Å². The van der Waals surface area contributed by atoms with E-state index in [2.05, 4.69) is 0 Å². The second kappa shape index (κ2) is 3.31. The number of aryl methyl sites for hydroxylation is 1. The summed E-state index contributed by atoms with van der Waals surface area (Å²) in [5.41, 5.74) is -0.0699. The molecule has 2 N–H and O–H groups in total. The first-order chi connectivity index (χ1) is 7.01. The van der Waals surface area contributed by atoms with E-state index in [0.29, 0.717) is 24.0 Å². The molecule has 0 spiro atoms. The first kappa shape index (κ1) is 10.1. The Balaban J connectivity index is 2.39. The molecule has 0 bridgehead atoms. The number of carboxylic acids is 1. The van der Waals surface area contributed by atoms with Crippen molar-refractivity contribution in [2.45, 2.75) is 24.9 Å². The van der Waals surface area contributed by atoms with Crippen molar-refractivity contribution in [3.8, 4) is 0 Å². The lowest BCUT2D eigenvalue weighted by molar-refractivity contribution is -0.142. The lowest BCUT2D eigenvalue weighted by atomic mass is 9.92. The number of aliphatic carboxylic acids is 1. The first-order valence-corrected chi connectivity index (χ1v) is 4.74. The van der Waals surface area contributed by atoms with E-state index < -0.39 is 11.6 Å². The number of fused-ring (bicyclic) bond motifs is 1. The molecule has 1 aliphatic rings. The molecule has 1 aliphatic carbocycles. The zero-order chi connectivity index (χ0) is 11.1. The van der Waals surface area contributed by atoms with E-state index in [4.69, 9.17) is 5.11 Å². The van der Waals surface area contributed by atoms with Gasteiger partial charge in [0.25, 0.3) is 0 Å². The van der Waals surface area contributed by atoms with Gasteiger partial charge < -0.3 is 10.2 Å². The minimum Gasteiger partial charge on any atom is -0.481 e. The second-order valence-electron chi connectivity index (χ2n) is 3.90. The van der Waals surface area contributed by atoms with Gasteiger partial charge in [-0.2, -0.15) is 0 Å². The van der Waals surface area contributed by atoms with Gasteiger partial charge in [-0.05, 0) is 36.1 Å². The standard InChI is InChI=1S/C11H11FO3/c12-8-1-2-9-7(5-8)3-4-11(9,15)6-10(13)14/h1-2,5,15H,3-4,6H2,(H,13,14). The van der Waals surface area contributed by atoms with Gasteiger partial charge in [0.05, 0.1) is 6.42 Å². The number of carbonyl (C=O) groups is 1. The summed E-state index contributed by atoms with van der Waals surface area (Å²) in [7, 11) is 0. The Morgan fingerprint density at radius 1 is 1.53 bits per heavy atom. The molecule has 0 heterocycles. The summed E-state index contributed by atoms with van der Waals surface area (Å²) in [6, 6.07) is 4.08. The van der Waals surface area contributed by atoms with Crippen LogP contribution in [0.5, 0.6) is 0 Å². The minimum absolute atomic E-state index is 0.328. The van der Waals surface area contributed by atoms with Gasteiger partial charge in [0, 0.05) is 0 Å². The molecule has 0 aliphatic heterocycles. The number of hydrogen-bond donors (Lipinski definition) is 2. The normalized spacial score (nSPS) is 23.9. The Morgan fingerprint density at radius 2 is 2.27 bits per heavy atom. The fourth-order valence-corrected chi connectivity index (χ4v) is 2.13. The second-order valence-corrected chi connectivity index (χ2v) is 3.90. The van der Waals surface area contributed by atoms with E-state index in [1.54, 1.807) is 0 Å². The van der Waals surface area contributed by atoms with Crippen molar-refractivity contribution in [2.75, 3.05) is 0 Å². The Hall–Kier alpha value is -1.42. The highest BCUT2D eigenvalue weighted by Gasteiger charge is 2.38. The summed E-state index contributed by atoms with van der Waals surface area (Å²) in [5.74, 6) is -1.40. The van der Waals surface area contributed by atoms with Crippen LogP contribution in [0.25, 0.3) is 0 Å². The summed E-state index contributed by atoms with van der Waals surface area (Å²) in [6.45, 7) is 0. The summed E-state index contributed by atoms with van der Waals surface area (Å²) in [5, 5.41) is 18.8. The van der Waals surface area contributed by atoms with E-state index >= 15 is 0 Å². The van der Waals surface area contributed by atoms with Gasteiger partial charge in [0.2, 0.25) is 0 Å². The third-order valence-corrected chi connectivity index (χ3v) is 2.82. The lowest BCUT2D eigenvalue weighted by Gasteiger charge is -2.21. The van der Waals surface area contributed by atoms with Crippen LogP contribution in [0.3, 0.4) is 0 Å². The fourth-order valence-electron chi connectivity index (χ4n) is 2.13. The van der Waals surface area contributed by atoms with Crippen LogP contribution >= 0.6 is 0 Å². The summed E-state index contributed by atoms with van der Waals surface area (Å²) in [6.07, 6.45) is 0.542. The lowest BCUT2D eigenvalue weighted by Crippen LogP contribution is -2.25. The predicted octanol–water partition coefficient (Wildman–Crippen LogP) is 1.43. The highest BCUT2D eigenvalue weighted by atomic mass is 19.1. The number of aliphatic hydroxyl groups is 1. The average Bonchev–Trinajstić information content (AvgIpc) is 2.42. The monoisotopic (exact) mass is 210 g/mol. The molecule has 1 aromatic rings. The molecular formula is C11H11FO3. The molecule has 1 atom stereocenters. The van der Waals surface area contributed by atoms with Crippen molar-refractivity contribution in [1.82, 2.24) is 0 Å². The van der Waals surface area contributed by atoms with E-state index in [9.17, 15) is 14.3 Å². The highest BCUT2D eigenvalue weighted by molar-refractivity contribution is 5.69. The quantitative estimate of drug-likeness (QED) is 0.776. The van der Waals surface area contributed by atoms with Crippen LogP contribution in [0, 0.1) is 5.82 Å². The van der Waals surface area contributed by atoms with Crippen LogP contribution in [0.4, 0.5) is 4.39 Å². The van der Waals surface area contributed by atoms with E-state index in [-0.39, 0.29) is 12.2 Å². The first-order valence-electron chi connectivity index (χ1n) is 4.74. The zero-order valence-electron chi connectivity index (χ0n) is 8.03. The van der Waals surface area contributed by atoms with Gasteiger partial charge in [-0.3, -0.25) is 4.79 Å². The number of halogens is 1. The van der Waals surface area contributed by atoms with E-state index in [1.807, 2.05) is 0 Å². The molecule has 0 aromatic heterocycles. The van der Waals surface area contributed by atoms with Crippen LogP contribution in [0.2, 0.25) is 0 Å². The molecule has 0 saturated carbocycles. The van der Waals surface area contributed by atoms with Crippen molar-refractivity contribution in [3.05, 3.63) is 35.1 Å². The van der Waals surface area contributed by atoms with Gasteiger partial charge in [0.15, 0.2) is 0 Å². The van der Waals surface area contributed by atoms with Gasteiger partial charge >= 0.3 is 5.97 Å². The molecule has 0 amide bonds. The fraction of sp³-hybridized carbons (Fsp3) is 0.364. The maximum atomic E-state index is 12.9. The van der Waals surface area contributed by atoms with Gasteiger partial charge in [-0.1, -0.05) is 6.07 Å². The molecule has 4 heteroatoms. The number of hydrogen-bond acceptors (Lipinski definition) is 2. The number of rotatable bonds is 2. The summed E-state index contributed by atoms with van der Waals surface area (Å²) < 4.78 is 12.9. The molecular weight excluding hydrogens is 199 g/mol. The molecule has 0 fully saturated rings. The number of carboxylic acid groups (broad SMARTS) is 1. The van der Waals surface area contributed by atoms with Crippen molar-refractivity contribution < 1.29 is 19.4 Å². The maximum absolute atomic E-state index is 12.9. The molecule has 3 nitrogen and oxygen atoms in total. The molecule has 0 radical (unpaired) electrons. The highest BCUT2D eigenvalue weighted by Crippen LogP contribution is 2.39. The van der Waals surface area contributed by atoms with Gasteiger partial charge in [-0.15, -0.1) is 0 Å². The van der Waals surface area contributed by atoms with Crippen LogP contribution in [0.15, 0.2) is 18.2 Å². The Morgan fingerprint density at radius 3 is 2.93 bits per heavy atom. The van der Waals surface area contributed by atoms with Gasteiger partial charge in [0.1, 0.15) is 11.4 Å². The molecule has 1 unspecified atom stereocenters. The largest absolute Gasteiger partial charge is 0.481 e. The molecule has 2 rings (SSSR count). The summed E-state index contributed by atoms with van der Waals surface area (Å²) >= 11 is 0. The third kappa shape index (κ3) is 1.72. The Kier molecular flexibility index (Phi) is 2.23. The maximum Gasteiger partial charge on any atom is 0.306 e. The van der Waals surface area contributed by atoms with Crippen molar-refractivity contribution in [3.63, 3.8) is 0 Å². The molecule has 1 aromatic carbocycles. The topological polar surface area (TPSA) is 57.5 Å². The third-order valence-electron chi connectivity index (χ3n) is 2.82. The molecule has 80 valence electrons. The SMILES string of the molecule is O=C(O)CC1(O)CCc2cc(F)ccc21. The van der Waals surface area contributed by atoms with Gasteiger partial charge in [-0.25, -0.2) is 4.39 Å². The predicted molar refractivity (Wildman–Crippen MR) is 50.9 cm³/mol. The van der Waals surface area contributed by atoms with Crippen LogP contribution in [-0.2, 0) is 16.8 Å². The van der Waals surface area contributed by atoms with Crippen LogP contribution < -0.4 is 0 Å². The van der Waals surface area contributed by atoms with Crippen LogP contribution in [0.1, 0.15) is 24.0 Å². The number of benzene rings is 1. The van der Waals surface area contributed by atoms with Crippen molar-refractivity contribution >= 4 is 5.97 Å². The minimum atomic E-state index is -1.32. The molecule has 15 heavy (non-hydrogen) atoms. The smallest absolute Gasteiger partial charge is 0.306 e. The van der Waals surface area contributed by atoms with E-state index in [1.165, 1.54) is 18.2 Å². The Bertz CT molecular complexity index is 416. The van der Waals surface area contributed by atoms with E-state index in [0.717, 1.165) is 0 Å². The van der Waals surface area contributed by atoms with Crippen LogP contribution in [-0.4, -0.2) is 16.2 Å². The summed E-state index contributed by atoms with van der Waals surface area (Å²) in [4.78, 5) is 10.6. The molecule has 0 saturated heterocycles.